The first-order valence-corrected chi connectivity index (χ1v) is 8.32. The predicted octanol–water partition coefficient (Wildman–Crippen LogP) is 4.16. The van der Waals surface area contributed by atoms with Gasteiger partial charge in [0.1, 0.15) is 29.7 Å². The fourth-order valence-corrected chi connectivity index (χ4v) is 2.54. The number of ether oxygens (including phenoxy) is 2. The highest BCUT2D eigenvalue weighted by molar-refractivity contribution is 6.31. The van der Waals surface area contributed by atoms with Crippen molar-refractivity contribution in [2.45, 2.75) is 13.5 Å². The summed E-state index contributed by atoms with van der Waals surface area (Å²) in [5.74, 6) is -1.76. The van der Waals surface area contributed by atoms with E-state index in [4.69, 9.17) is 21.1 Å². The summed E-state index contributed by atoms with van der Waals surface area (Å²) in [5, 5.41) is 10.5. The summed E-state index contributed by atoms with van der Waals surface area (Å²) in [7, 11) is 0. The van der Waals surface area contributed by atoms with Crippen LogP contribution in [0.3, 0.4) is 0 Å². The van der Waals surface area contributed by atoms with Crippen molar-refractivity contribution in [2.75, 3.05) is 6.61 Å². The largest absolute Gasteiger partial charge is 0.488 e. The van der Waals surface area contributed by atoms with E-state index < -0.39 is 17.6 Å². The molecule has 0 spiro atoms. The van der Waals surface area contributed by atoms with Crippen LogP contribution in [0, 0.1) is 11.6 Å². The number of nitrogens with one attached hydrogen (secondary N) is 1. The molecule has 140 valence electrons. The summed E-state index contributed by atoms with van der Waals surface area (Å²) < 4.78 is 37.5. The summed E-state index contributed by atoms with van der Waals surface area (Å²) >= 11 is 6.05. The summed E-state index contributed by atoms with van der Waals surface area (Å²) in [6.45, 7) is 1.68. The zero-order valence-electron chi connectivity index (χ0n) is 14.1. The maximum absolute atomic E-state index is 13.8. The normalized spacial score (nSPS) is 10.7. The first kappa shape index (κ1) is 18.8. The van der Waals surface area contributed by atoms with Crippen LogP contribution < -0.4 is 4.74 Å². The molecule has 0 radical (unpaired) electrons. The fourth-order valence-electron chi connectivity index (χ4n) is 2.37. The Hall–Kier alpha value is -3.00. The van der Waals surface area contributed by atoms with Crippen molar-refractivity contribution in [1.29, 1.82) is 0 Å². The quantitative estimate of drug-likeness (QED) is 0.636. The van der Waals surface area contributed by atoms with Crippen molar-refractivity contribution < 1.29 is 23.0 Å². The van der Waals surface area contributed by atoms with E-state index in [1.165, 1.54) is 6.07 Å². The minimum Gasteiger partial charge on any atom is -0.488 e. The van der Waals surface area contributed by atoms with Crippen LogP contribution in [0.2, 0.25) is 5.02 Å². The maximum Gasteiger partial charge on any atom is 0.361 e. The zero-order valence-corrected chi connectivity index (χ0v) is 14.9. The van der Waals surface area contributed by atoms with Crippen molar-refractivity contribution >= 4 is 17.6 Å². The van der Waals surface area contributed by atoms with Gasteiger partial charge in [-0.15, -0.1) is 5.10 Å². The first-order valence-electron chi connectivity index (χ1n) is 7.94. The van der Waals surface area contributed by atoms with E-state index in [2.05, 4.69) is 15.4 Å². The Labute approximate surface area is 158 Å². The Bertz CT molecular complexity index is 978. The molecule has 0 unspecified atom stereocenters. The number of carbonyl (C=O) groups excluding carboxylic acids is 1. The number of aromatic amines is 1. The number of hydrogen-bond acceptors (Lipinski definition) is 5. The molecule has 0 saturated heterocycles. The molecule has 0 atom stereocenters. The lowest BCUT2D eigenvalue weighted by atomic mass is 10.1. The first-order chi connectivity index (χ1) is 13.0. The molecule has 1 heterocycles. The average Bonchev–Trinajstić information content (AvgIpc) is 3.12. The van der Waals surface area contributed by atoms with Gasteiger partial charge in [0.25, 0.3) is 0 Å². The Morgan fingerprint density at radius 3 is 2.74 bits per heavy atom. The van der Waals surface area contributed by atoms with Gasteiger partial charge in [0, 0.05) is 22.2 Å². The molecule has 0 amide bonds. The predicted molar refractivity (Wildman–Crippen MR) is 93.5 cm³/mol. The van der Waals surface area contributed by atoms with Gasteiger partial charge in [0.2, 0.25) is 0 Å². The Kier molecular flexibility index (Phi) is 5.66. The van der Waals surface area contributed by atoms with Gasteiger partial charge in [-0.1, -0.05) is 11.6 Å². The van der Waals surface area contributed by atoms with Gasteiger partial charge in [-0.05, 0) is 37.3 Å². The van der Waals surface area contributed by atoms with Crippen molar-refractivity contribution in [3.8, 4) is 17.0 Å². The van der Waals surface area contributed by atoms with Crippen LogP contribution in [-0.2, 0) is 11.3 Å². The Morgan fingerprint density at radius 2 is 2.00 bits per heavy atom. The van der Waals surface area contributed by atoms with E-state index in [0.717, 1.165) is 12.1 Å². The molecule has 0 aliphatic rings. The number of rotatable bonds is 6. The van der Waals surface area contributed by atoms with E-state index in [1.54, 1.807) is 25.1 Å². The second-order valence-electron chi connectivity index (χ2n) is 5.41. The summed E-state index contributed by atoms with van der Waals surface area (Å²) in [6, 6.07) is 7.88. The van der Waals surface area contributed by atoms with Crippen LogP contribution in [0.1, 0.15) is 23.0 Å². The van der Waals surface area contributed by atoms with E-state index in [0.29, 0.717) is 16.3 Å². The van der Waals surface area contributed by atoms with Crippen LogP contribution in [0.4, 0.5) is 8.78 Å². The molecule has 6 nitrogen and oxygen atoms in total. The highest BCUT2D eigenvalue weighted by Gasteiger charge is 2.22. The van der Waals surface area contributed by atoms with Crippen molar-refractivity contribution in [1.82, 2.24) is 15.4 Å². The lowest BCUT2D eigenvalue weighted by Crippen LogP contribution is -2.07. The smallest absolute Gasteiger partial charge is 0.361 e. The molecule has 2 aromatic carbocycles. The number of esters is 1. The summed E-state index contributed by atoms with van der Waals surface area (Å²) in [4.78, 5) is 12.0. The lowest BCUT2D eigenvalue weighted by Gasteiger charge is -2.12. The highest BCUT2D eigenvalue weighted by atomic mass is 35.5. The van der Waals surface area contributed by atoms with E-state index in [9.17, 15) is 13.6 Å². The van der Waals surface area contributed by atoms with Gasteiger partial charge >= 0.3 is 5.97 Å². The van der Waals surface area contributed by atoms with Crippen LogP contribution in [0.15, 0.2) is 36.4 Å². The van der Waals surface area contributed by atoms with E-state index >= 15 is 0 Å². The third-order valence-electron chi connectivity index (χ3n) is 3.61. The fraction of sp³-hybridized carbons (Fsp3) is 0.167. The number of H-pyrrole nitrogens is 1. The Balaban J connectivity index is 1.92. The third-order valence-corrected chi connectivity index (χ3v) is 3.85. The molecule has 9 heteroatoms. The number of aromatic nitrogens is 3. The SMILES string of the molecule is CCOC(=O)c1n[nH]nc1-c1cc(Cl)ccc1OCc1ccc(F)cc1F. The summed E-state index contributed by atoms with van der Waals surface area (Å²) in [5.41, 5.74) is 0.701. The third kappa shape index (κ3) is 4.22. The average molecular weight is 394 g/mol. The summed E-state index contributed by atoms with van der Waals surface area (Å²) in [6.07, 6.45) is 0. The van der Waals surface area contributed by atoms with Gasteiger partial charge in [-0.3, -0.25) is 0 Å². The standard InChI is InChI=1S/C18H14ClF2N3O3/c1-2-26-18(25)17-16(22-24-23-17)13-7-11(19)4-6-15(13)27-9-10-3-5-12(20)8-14(10)21/h3-8H,2,9H2,1H3,(H,22,23,24). The molecule has 3 rings (SSSR count). The Morgan fingerprint density at radius 1 is 1.19 bits per heavy atom. The molecule has 0 aliphatic carbocycles. The monoisotopic (exact) mass is 393 g/mol. The number of benzene rings is 2. The van der Waals surface area contributed by atoms with Crippen molar-refractivity contribution in [3.63, 3.8) is 0 Å². The molecular formula is C18H14ClF2N3O3. The van der Waals surface area contributed by atoms with Gasteiger partial charge in [0.05, 0.1) is 6.61 Å². The topological polar surface area (TPSA) is 77.1 Å². The van der Waals surface area contributed by atoms with Gasteiger partial charge in [0.15, 0.2) is 5.69 Å². The molecular weight excluding hydrogens is 380 g/mol. The lowest BCUT2D eigenvalue weighted by molar-refractivity contribution is 0.0520. The minimum absolute atomic E-state index is 0.0306. The van der Waals surface area contributed by atoms with E-state index in [1.807, 2.05) is 0 Å². The molecule has 0 saturated carbocycles. The molecule has 0 bridgehead atoms. The van der Waals surface area contributed by atoms with Crippen LogP contribution >= 0.6 is 11.6 Å². The number of hydrogen-bond donors (Lipinski definition) is 1. The van der Waals surface area contributed by atoms with Gasteiger partial charge < -0.3 is 9.47 Å². The zero-order chi connectivity index (χ0) is 19.4. The number of nitrogens with zero attached hydrogens (tertiary/aromatic N) is 2. The van der Waals surface area contributed by atoms with Crippen LogP contribution in [0.5, 0.6) is 5.75 Å². The van der Waals surface area contributed by atoms with Crippen molar-refractivity contribution in [2.24, 2.45) is 0 Å². The van der Waals surface area contributed by atoms with Crippen molar-refractivity contribution in [3.05, 3.63) is 64.3 Å². The second kappa shape index (κ2) is 8.13. The molecule has 1 N–H and O–H groups in total. The highest BCUT2D eigenvalue weighted by Crippen LogP contribution is 2.33. The molecule has 27 heavy (non-hydrogen) atoms. The van der Waals surface area contributed by atoms with Gasteiger partial charge in [-0.25, -0.2) is 13.6 Å². The number of carbonyl (C=O) groups is 1. The van der Waals surface area contributed by atoms with Crippen LogP contribution in [0.25, 0.3) is 11.3 Å². The minimum atomic E-state index is -0.723. The van der Waals surface area contributed by atoms with Gasteiger partial charge in [-0.2, -0.15) is 10.3 Å². The molecule has 1 aromatic heterocycles. The van der Waals surface area contributed by atoms with Crippen LogP contribution in [-0.4, -0.2) is 28.0 Å². The maximum atomic E-state index is 13.8. The molecule has 0 fully saturated rings. The molecule has 0 aliphatic heterocycles. The number of halogens is 3. The second-order valence-corrected chi connectivity index (χ2v) is 5.84. The van der Waals surface area contributed by atoms with E-state index in [-0.39, 0.29) is 30.2 Å². The molecule has 3 aromatic rings.